The molecule has 4 aromatic heterocycles. The molecular formula is C53H96Cu2N8O4. The fraction of sp³-hybridized carbons (Fsp3) is 0.698. The van der Waals surface area contributed by atoms with E-state index in [1.165, 1.54) is 165 Å². The van der Waals surface area contributed by atoms with Crippen molar-refractivity contribution < 1.29 is 53.3 Å². The van der Waals surface area contributed by atoms with Crippen molar-refractivity contribution in [2.75, 3.05) is 0 Å². The average molecular weight is 1040 g/mol. The third-order valence-electron chi connectivity index (χ3n) is 10.3. The van der Waals surface area contributed by atoms with Gasteiger partial charge in [-0.1, -0.05) is 164 Å². The van der Waals surface area contributed by atoms with Gasteiger partial charge < -0.3 is 19.2 Å². The number of carbonyl (C=O) groups excluding carboxylic acids is 4. The summed E-state index contributed by atoms with van der Waals surface area (Å²) in [5.41, 5.74) is 4.86. The number of hydrogen-bond donors (Lipinski definition) is 0. The molecule has 0 atom stereocenters. The van der Waals surface area contributed by atoms with E-state index < -0.39 is 0 Å². The molecule has 0 unspecified atom stereocenters. The Balaban J connectivity index is -0.000000134. The fourth-order valence-corrected chi connectivity index (χ4v) is 6.86. The van der Waals surface area contributed by atoms with E-state index in [1.54, 1.807) is 0 Å². The molecular weight excluding hydrogens is 940 g/mol. The van der Waals surface area contributed by atoms with E-state index in [0.29, 0.717) is 0 Å². The normalized spacial score (nSPS) is 9.19. The van der Waals surface area contributed by atoms with Gasteiger partial charge in [0.15, 0.2) is 0 Å². The van der Waals surface area contributed by atoms with Gasteiger partial charge in [-0.15, -0.1) is 0 Å². The van der Waals surface area contributed by atoms with Gasteiger partial charge in [-0.25, -0.2) is 0 Å². The van der Waals surface area contributed by atoms with E-state index in [1.807, 2.05) is 46.3 Å². The fourth-order valence-electron chi connectivity index (χ4n) is 6.86. The SMILES string of the molecule is C.CCCCCCCCn1cccn1.CCCCCCCCn1cccn1.CCCCCCCCn1nc(C)cc1C.CCCCCCCCn1nc(C)cc1C.[CH-]=O.[CH-]=O.[CH-]=O.[CH-]=O.[Cu+2].[Cu+2]. The molecule has 14 heteroatoms. The van der Waals surface area contributed by atoms with Gasteiger partial charge in [-0.3, -0.25) is 45.9 Å². The molecule has 4 heterocycles. The Labute approximate surface area is 432 Å². The van der Waals surface area contributed by atoms with Crippen LogP contribution in [0.15, 0.2) is 49.1 Å². The molecule has 394 valence electrons. The molecule has 4 rings (SSSR count). The van der Waals surface area contributed by atoms with Gasteiger partial charge in [-0.2, -0.15) is 20.4 Å². The first kappa shape index (κ1) is 77.8. The summed E-state index contributed by atoms with van der Waals surface area (Å²) in [5.74, 6) is 0. The minimum absolute atomic E-state index is 0. The van der Waals surface area contributed by atoms with E-state index in [4.69, 9.17) is 19.2 Å². The zero-order chi connectivity index (χ0) is 48.9. The van der Waals surface area contributed by atoms with Crippen molar-refractivity contribution in [2.24, 2.45) is 0 Å². The molecule has 4 aromatic rings. The summed E-state index contributed by atoms with van der Waals surface area (Å²) in [5, 5.41) is 17.3. The summed E-state index contributed by atoms with van der Waals surface area (Å²) in [6.45, 7) is 34.8. The van der Waals surface area contributed by atoms with Crippen LogP contribution in [0, 0.1) is 27.7 Å². The number of aromatic nitrogens is 8. The van der Waals surface area contributed by atoms with Crippen molar-refractivity contribution in [3.63, 3.8) is 0 Å². The maximum Gasteiger partial charge on any atom is 2.00 e. The first-order valence-corrected chi connectivity index (χ1v) is 24.3. The Bertz CT molecular complexity index is 1340. The van der Waals surface area contributed by atoms with Crippen LogP contribution < -0.4 is 0 Å². The molecule has 0 aliphatic heterocycles. The van der Waals surface area contributed by atoms with Crippen LogP contribution in [0.3, 0.4) is 0 Å². The van der Waals surface area contributed by atoms with Crippen LogP contribution in [0.1, 0.15) is 212 Å². The molecule has 0 saturated carbocycles. The van der Waals surface area contributed by atoms with Crippen LogP contribution in [0.25, 0.3) is 0 Å². The van der Waals surface area contributed by atoms with Gasteiger partial charge >= 0.3 is 34.1 Å². The summed E-state index contributed by atoms with van der Waals surface area (Å²) < 4.78 is 8.30. The van der Waals surface area contributed by atoms with Gasteiger partial charge in [0.1, 0.15) is 0 Å². The third kappa shape index (κ3) is 51.8. The largest absolute Gasteiger partial charge is 2.00 e. The third-order valence-corrected chi connectivity index (χ3v) is 10.3. The monoisotopic (exact) mass is 1030 g/mol. The number of hydrogen-bond acceptors (Lipinski definition) is 8. The predicted molar refractivity (Wildman–Crippen MR) is 275 cm³/mol. The maximum atomic E-state index is 7.75. The molecule has 0 aromatic carbocycles. The van der Waals surface area contributed by atoms with Gasteiger partial charge in [-0.05, 0) is 77.6 Å². The molecule has 0 fully saturated rings. The molecule has 0 aliphatic rings. The van der Waals surface area contributed by atoms with Crippen LogP contribution >= 0.6 is 0 Å². The smallest absolute Gasteiger partial charge is 0.545 e. The van der Waals surface area contributed by atoms with Crippen LogP contribution in [0.4, 0.5) is 0 Å². The molecule has 0 bridgehead atoms. The van der Waals surface area contributed by atoms with Crippen molar-refractivity contribution in [3.8, 4) is 0 Å². The van der Waals surface area contributed by atoms with Crippen molar-refractivity contribution >= 4 is 27.2 Å². The number of aryl methyl sites for hydroxylation is 8. The average Bonchev–Trinajstić information content (AvgIpc) is 4.16. The molecule has 0 N–H and O–H groups in total. The molecule has 0 aliphatic carbocycles. The summed E-state index contributed by atoms with van der Waals surface area (Å²) in [6.07, 6.45) is 40.2. The Morgan fingerprint density at radius 3 is 0.836 bits per heavy atom. The minimum Gasteiger partial charge on any atom is -0.545 e. The van der Waals surface area contributed by atoms with Crippen molar-refractivity contribution in [1.82, 2.24) is 39.1 Å². The first-order chi connectivity index (χ1) is 31.3. The summed E-state index contributed by atoms with van der Waals surface area (Å²) in [4.78, 5) is 31.0. The van der Waals surface area contributed by atoms with E-state index in [-0.39, 0.29) is 41.6 Å². The molecule has 0 amide bonds. The second-order valence-electron chi connectivity index (χ2n) is 15.9. The topological polar surface area (TPSA) is 140 Å². The Hall–Kier alpha value is -3.44. The number of unbranched alkanes of at least 4 members (excludes halogenated alkanes) is 20. The number of rotatable bonds is 28. The quantitative estimate of drug-likeness (QED) is 0.0237. The maximum absolute atomic E-state index is 7.75. The molecule has 12 nitrogen and oxygen atoms in total. The molecule has 0 spiro atoms. The van der Waals surface area contributed by atoms with E-state index in [2.05, 4.69) is 124 Å². The van der Waals surface area contributed by atoms with Crippen LogP contribution in [-0.2, 0) is 79.5 Å². The Morgan fingerprint density at radius 2 is 0.627 bits per heavy atom. The Kier molecular flexibility index (Phi) is 75.0. The zero-order valence-electron chi connectivity index (χ0n) is 42.5. The minimum atomic E-state index is 0. The van der Waals surface area contributed by atoms with E-state index >= 15 is 0 Å². The van der Waals surface area contributed by atoms with Gasteiger partial charge in [0.25, 0.3) is 0 Å². The second-order valence-corrected chi connectivity index (χ2v) is 15.9. The summed E-state index contributed by atoms with van der Waals surface area (Å²) in [7, 11) is 0. The zero-order valence-corrected chi connectivity index (χ0v) is 44.4. The van der Waals surface area contributed by atoms with Gasteiger partial charge in [0, 0.05) is 62.4 Å². The van der Waals surface area contributed by atoms with E-state index in [0.717, 1.165) is 37.6 Å². The summed E-state index contributed by atoms with van der Waals surface area (Å²) in [6, 6.07) is 8.27. The van der Waals surface area contributed by atoms with Crippen molar-refractivity contribution in [3.05, 3.63) is 71.8 Å². The number of nitrogens with zero attached hydrogens (tertiary/aromatic N) is 8. The first-order valence-electron chi connectivity index (χ1n) is 24.3. The standard InChI is InChI=1S/2C13H24N2.2C11H20N2.4CHO.CH4.2Cu/c2*1-4-5-6-7-8-9-10-15-13(3)11-12(2)14-15;2*1-2-3-4-5-6-7-10-13-11-8-9-12-13;4*1-2;;;/h2*11H,4-10H2,1-3H3;2*8-9,11H,2-7,10H2,1H3;4*1H;1H4;;/q;;;;4*-1;;2*+2. The predicted octanol–water partition coefficient (Wildman–Crippen LogP) is 13.7. The molecule has 2 radical (unpaired) electrons. The van der Waals surface area contributed by atoms with Gasteiger partial charge in [0.05, 0.1) is 11.4 Å². The second kappa shape index (κ2) is 64.6. The van der Waals surface area contributed by atoms with E-state index in [9.17, 15) is 0 Å². The Morgan fingerprint density at radius 1 is 0.388 bits per heavy atom. The molecule has 67 heavy (non-hydrogen) atoms. The van der Waals surface area contributed by atoms with Crippen LogP contribution in [-0.4, -0.2) is 66.3 Å². The van der Waals surface area contributed by atoms with Crippen LogP contribution in [0.2, 0.25) is 0 Å². The van der Waals surface area contributed by atoms with Crippen molar-refractivity contribution in [2.45, 2.75) is 243 Å². The molecule has 0 saturated heterocycles. The summed E-state index contributed by atoms with van der Waals surface area (Å²) >= 11 is 0. The van der Waals surface area contributed by atoms with Gasteiger partial charge in [0.2, 0.25) is 0 Å². The van der Waals surface area contributed by atoms with Crippen LogP contribution in [0.5, 0.6) is 0 Å². The van der Waals surface area contributed by atoms with Crippen molar-refractivity contribution in [1.29, 1.82) is 0 Å².